The molecule has 3 aromatic rings. The van der Waals surface area contributed by atoms with E-state index in [0.29, 0.717) is 12.0 Å². The number of ether oxygens (including phenoxy) is 1. The third-order valence-corrected chi connectivity index (χ3v) is 5.67. The molecule has 0 unspecified atom stereocenters. The average Bonchev–Trinajstić information content (AvgIpc) is 2.76. The smallest absolute Gasteiger partial charge is 0.343 e. The Hall–Kier alpha value is -3.19. The normalized spacial score (nSPS) is 11.1. The number of rotatable bonds is 9. The highest BCUT2D eigenvalue weighted by Gasteiger charge is 2.21. The average molecular weight is 426 g/mol. The fraction of sp³-hybridized carbons (Fsp3) is 0.217. The molecule has 0 saturated heterocycles. The van der Waals surface area contributed by atoms with Crippen LogP contribution < -0.4 is 8.92 Å². The maximum atomic E-state index is 12.7. The summed E-state index contributed by atoms with van der Waals surface area (Å²) < 4.78 is 36.1. The minimum absolute atomic E-state index is 0.0959. The van der Waals surface area contributed by atoms with Crippen molar-refractivity contribution in [3.63, 3.8) is 0 Å². The highest BCUT2D eigenvalue weighted by atomic mass is 32.2. The van der Waals surface area contributed by atoms with Crippen LogP contribution in [-0.4, -0.2) is 19.4 Å². The Morgan fingerprint density at radius 3 is 2.50 bits per heavy atom. The van der Waals surface area contributed by atoms with Crippen molar-refractivity contribution >= 4 is 16.1 Å². The summed E-state index contributed by atoms with van der Waals surface area (Å²) >= 11 is 0. The highest BCUT2D eigenvalue weighted by Crippen LogP contribution is 2.27. The number of aryl methyl sites for hydroxylation is 1. The van der Waals surface area contributed by atoms with E-state index in [2.05, 4.69) is 11.9 Å². The van der Waals surface area contributed by atoms with Crippen LogP contribution >= 0.6 is 0 Å². The number of nitrogens with zero attached hydrogens (tertiary/aromatic N) is 1. The van der Waals surface area contributed by atoms with Crippen LogP contribution in [0.15, 0.2) is 78.0 Å². The number of hydrogen-bond donors (Lipinski definition) is 0. The van der Waals surface area contributed by atoms with Gasteiger partial charge in [-0.2, -0.15) is 8.42 Å². The largest absolute Gasteiger partial charge is 0.423 e. The van der Waals surface area contributed by atoms with Crippen molar-refractivity contribution in [1.29, 1.82) is 0 Å². The Bertz CT molecular complexity index is 1080. The van der Waals surface area contributed by atoms with Crippen LogP contribution in [0.2, 0.25) is 0 Å². The number of hydrogen-bond acceptors (Lipinski definition) is 6. The lowest BCUT2D eigenvalue weighted by atomic mass is 10.1. The van der Waals surface area contributed by atoms with E-state index in [0.717, 1.165) is 24.8 Å². The monoisotopic (exact) mass is 425 g/mol. The van der Waals surface area contributed by atoms with Crippen molar-refractivity contribution < 1.29 is 22.1 Å². The van der Waals surface area contributed by atoms with E-state index in [4.69, 9.17) is 8.92 Å². The standard InChI is InChI=1S/C23H23NO5S/c1-2-3-5-9-18-13-14-21(30(26,27)29-20-12-8-15-24-17-20)16-22(18)28-23(25)19-10-6-4-7-11-19/h4,6-8,10-17H,2-3,5,9H2,1H3. The molecule has 0 bridgehead atoms. The summed E-state index contributed by atoms with van der Waals surface area (Å²) in [5, 5.41) is 0. The molecular weight excluding hydrogens is 402 g/mol. The fourth-order valence-corrected chi connectivity index (χ4v) is 3.80. The Labute approximate surface area is 176 Å². The predicted molar refractivity (Wildman–Crippen MR) is 113 cm³/mol. The van der Waals surface area contributed by atoms with Gasteiger partial charge in [0.25, 0.3) is 0 Å². The SMILES string of the molecule is CCCCCc1ccc(S(=O)(=O)Oc2cccnc2)cc1OC(=O)c1ccccc1. The van der Waals surface area contributed by atoms with Crippen molar-refractivity contribution in [3.8, 4) is 11.5 Å². The van der Waals surface area contributed by atoms with Crippen molar-refractivity contribution in [2.45, 2.75) is 37.5 Å². The lowest BCUT2D eigenvalue weighted by Crippen LogP contribution is -2.13. The molecule has 0 atom stereocenters. The third-order valence-electron chi connectivity index (χ3n) is 4.43. The van der Waals surface area contributed by atoms with Gasteiger partial charge in [-0.3, -0.25) is 4.98 Å². The lowest BCUT2D eigenvalue weighted by molar-refractivity contribution is 0.0732. The minimum Gasteiger partial charge on any atom is -0.423 e. The number of esters is 1. The zero-order valence-electron chi connectivity index (χ0n) is 16.7. The van der Waals surface area contributed by atoms with Gasteiger partial charge in [0.1, 0.15) is 10.6 Å². The van der Waals surface area contributed by atoms with Crippen LogP contribution in [0.25, 0.3) is 0 Å². The van der Waals surface area contributed by atoms with Crippen molar-refractivity contribution in [1.82, 2.24) is 4.98 Å². The predicted octanol–water partition coefficient (Wildman–Crippen LogP) is 4.80. The molecule has 1 heterocycles. The second-order valence-corrected chi connectivity index (χ2v) is 8.25. The molecule has 0 spiro atoms. The first-order valence-corrected chi connectivity index (χ1v) is 11.1. The van der Waals surface area contributed by atoms with Gasteiger partial charge in [0, 0.05) is 12.3 Å². The van der Waals surface area contributed by atoms with E-state index in [1.807, 2.05) is 0 Å². The van der Waals surface area contributed by atoms with Crippen molar-refractivity contribution in [2.75, 3.05) is 0 Å². The Kier molecular flexibility index (Phi) is 7.19. The van der Waals surface area contributed by atoms with Gasteiger partial charge >= 0.3 is 16.1 Å². The first kappa shape index (κ1) is 21.5. The molecule has 0 radical (unpaired) electrons. The molecule has 156 valence electrons. The fourth-order valence-electron chi connectivity index (χ4n) is 2.86. The molecule has 1 aromatic heterocycles. The topological polar surface area (TPSA) is 82.6 Å². The number of carbonyl (C=O) groups is 1. The molecule has 7 heteroatoms. The number of carbonyl (C=O) groups excluding carboxylic acids is 1. The van der Waals surface area contributed by atoms with Gasteiger partial charge in [-0.15, -0.1) is 0 Å². The van der Waals surface area contributed by atoms with Gasteiger partial charge in [-0.05, 0) is 48.7 Å². The van der Waals surface area contributed by atoms with Gasteiger partial charge < -0.3 is 8.92 Å². The van der Waals surface area contributed by atoms with Gasteiger partial charge in [0.05, 0.1) is 11.8 Å². The van der Waals surface area contributed by atoms with Crippen molar-refractivity contribution in [3.05, 3.63) is 84.2 Å². The maximum absolute atomic E-state index is 12.7. The molecular formula is C23H23NO5S. The summed E-state index contributed by atoms with van der Waals surface area (Å²) in [5.41, 5.74) is 1.16. The van der Waals surface area contributed by atoms with E-state index >= 15 is 0 Å². The Morgan fingerprint density at radius 1 is 1.00 bits per heavy atom. The highest BCUT2D eigenvalue weighted by molar-refractivity contribution is 7.87. The lowest BCUT2D eigenvalue weighted by Gasteiger charge is -2.13. The molecule has 0 aliphatic carbocycles. The number of pyridine rings is 1. The number of unbranched alkanes of at least 4 members (excludes halogenated alkanes) is 2. The minimum atomic E-state index is -4.11. The number of benzene rings is 2. The maximum Gasteiger partial charge on any atom is 0.343 e. The van der Waals surface area contributed by atoms with E-state index in [9.17, 15) is 13.2 Å². The molecule has 0 aliphatic rings. The van der Waals surface area contributed by atoms with E-state index in [1.165, 1.54) is 30.6 Å². The molecule has 0 aliphatic heterocycles. The third kappa shape index (κ3) is 5.67. The van der Waals surface area contributed by atoms with Crippen LogP contribution in [0.1, 0.15) is 42.1 Å². The zero-order chi connectivity index (χ0) is 21.4. The van der Waals surface area contributed by atoms with Gasteiger partial charge in [-0.25, -0.2) is 4.79 Å². The summed E-state index contributed by atoms with van der Waals surface area (Å²) in [6.45, 7) is 2.10. The summed E-state index contributed by atoms with van der Waals surface area (Å²) in [6.07, 6.45) is 6.49. The Balaban J connectivity index is 1.90. The van der Waals surface area contributed by atoms with E-state index in [1.54, 1.807) is 42.5 Å². The summed E-state index contributed by atoms with van der Waals surface area (Å²) in [6, 6.07) is 16.1. The Morgan fingerprint density at radius 2 is 1.80 bits per heavy atom. The molecule has 30 heavy (non-hydrogen) atoms. The summed E-state index contributed by atoms with van der Waals surface area (Å²) in [7, 11) is -4.11. The molecule has 0 amide bonds. The first-order chi connectivity index (χ1) is 14.5. The molecule has 6 nitrogen and oxygen atoms in total. The molecule has 0 fully saturated rings. The van der Waals surface area contributed by atoms with Gasteiger partial charge in [0.2, 0.25) is 0 Å². The van der Waals surface area contributed by atoms with Crippen LogP contribution in [0, 0.1) is 0 Å². The molecule has 0 saturated carbocycles. The van der Waals surface area contributed by atoms with Crippen LogP contribution in [-0.2, 0) is 16.5 Å². The molecule has 2 aromatic carbocycles. The van der Waals surface area contributed by atoms with E-state index in [-0.39, 0.29) is 16.4 Å². The second kappa shape index (κ2) is 10.0. The van der Waals surface area contributed by atoms with Gasteiger partial charge in [-0.1, -0.05) is 44.0 Å². The second-order valence-electron chi connectivity index (χ2n) is 6.71. The van der Waals surface area contributed by atoms with Crippen LogP contribution in [0.5, 0.6) is 11.5 Å². The van der Waals surface area contributed by atoms with Crippen LogP contribution in [0.3, 0.4) is 0 Å². The van der Waals surface area contributed by atoms with E-state index < -0.39 is 16.1 Å². The molecule has 0 N–H and O–H groups in total. The van der Waals surface area contributed by atoms with Crippen LogP contribution in [0.4, 0.5) is 0 Å². The first-order valence-electron chi connectivity index (χ1n) is 9.74. The number of aromatic nitrogens is 1. The molecule has 3 rings (SSSR count). The van der Waals surface area contributed by atoms with Gasteiger partial charge in [0.15, 0.2) is 5.75 Å². The zero-order valence-corrected chi connectivity index (χ0v) is 17.5. The van der Waals surface area contributed by atoms with Crippen molar-refractivity contribution in [2.24, 2.45) is 0 Å². The summed E-state index contributed by atoms with van der Waals surface area (Å²) in [5.74, 6) is -0.224. The summed E-state index contributed by atoms with van der Waals surface area (Å²) in [4.78, 5) is 16.3. The quantitative estimate of drug-likeness (QED) is 0.212.